The highest BCUT2D eigenvalue weighted by atomic mass is 16.5. The molecule has 3 nitrogen and oxygen atoms in total. The summed E-state index contributed by atoms with van der Waals surface area (Å²) in [5.41, 5.74) is 7.97. The third kappa shape index (κ3) is 1.92. The number of ether oxygens (including phenoxy) is 2. The average Bonchev–Trinajstić information content (AvgIpc) is 2.73. The number of benzene rings is 1. The SMILES string of the molecule is COc1c(CCCN)ccc2c1CCO2. The third-order valence-electron chi connectivity index (χ3n) is 2.76. The van der Waals surface area contributed by atoms with Gasteiger partial charge < -0.3 is 15.2 Å². The van der Waals surface area contributed by atoms with Gasteiger partial charge in [-0.25, -0.2) is 0 Å². The Morgan fingerprint density at radius 2 is 2.33 bits per heavy atom. The second-order valence-corrected chi connectivity index (χ2v) is 3.73. The summed E-state index contributed by atoms with van der Waals surface area (Å²) in [6, 6.07) is 4.12. The number of nitrogens with two attached hydrogens (primary N) is 1. The molecule has 1 aliphatic rings. The van der Waals surface area contributed by atoms with Crippen LogP contribution in [0.15, 0.2) is 12.1 Å². The van der Waals surface area contributed by atoms with Crippen LogP contribution < -0.4 is 15.2 Å². The van der Waals surface area contributed by atoms with E-state index >= 15 is 0 Å². The number of methoxy groups -OCH3 is 1. The summed E-state index contributed by atoms with van der Waals surface area (Å²) in [6.45, 7) is 1.49. The maximum atomic E-state index is 5.52. The summed E-state index contributed by atoms with van der Waals surface area (Å²) >= 11 is 0. The molecule has 2 N–H and O–H groups in total. The van der Waals surface area contributed by atoms with Crippen LogP contribution in [0.25, 0.3) is 0 Å². The first-order chi connectivity index (χ1) is 7.36. The molecular formula is C12H17NO2. The fraction of sp³-hybridized carbons (Fsp3) is 0.500. The number of aryl methyl sites for hydroxylation is 1. The minimum absolute atomic E-state index is 0.719. The summed E-state index contributed by atoms with van der Waals surface area (Å²) in [7, 11) is 1.72. The van der Waals surface area contributed by atoms with Crippen molar-refractivity contribution in [3.05, 3.63) is 23.3 Å². The van der Waals surface area contributed by atoms with Gasteiger partial charge in [0.1, 0.15) is 11.5 Å². The van der Waals surface area contributed by atoms with Crippen molar-refractivity contribution in [3.8, 4) is 11.5 Å². The Bertz CT molecular complexity index is 350. The minimum atomic E-state index is 0.719. The molecule has 2 rings (SSSR count). The highest BCUT2D eigenvalue weighted by Crippen LogP contribution is 2.36. The van der Waals surface area contributed by atoms with E-state index in [4.69, 9.17) is 15.2 Å². The van der Waals surface area contributed by atoms with E-state index < -0.39 is 0 Å². The fourth-order valence-corrected chi connectivity index (χ4v) is 2.04. The Labute approximate surface area is 90.2 Å². The molecule has 0 fully saturated rings. The Morgan fingerprint density at radius 1 is 1.47 bits per heavy atom. The van der Waals surface area contributed by atoms with Crippen molar-refractivity contribution in [3.63, 3.8) is 0 Å². The molecule has 1 aromatic rings. The van der Waals surface area contributed by atoms with Gasteiger partial charge in [-0.3, -0.25) is 0 Å². The van der Waals surface area contributed by atoms with Gasteiger partial charge in [-0.05, 0) is 31.0 Å². The molecule has 0 aliphatic carbocycles. The first-order valence-corrected chi connectivity index (χ1v) is 5.38. The van der Waals surface area contributed by atoms with Crippen LogP contribution in [0.1, 0.15) is 17.5 Å². The molecule has 1 heterocycles. The Kier molecular flexibility index (Phi) is 3.11. The predicted octanol–water partition coefficient (Wildman–Crippen LogP) is 1.52. The minimum Gasteiger partial charge on any atom is -0.496 e. The van der Waals surface area contributed by atoms with Crippen molar-refractivity contribution in [2.75, 3.05) is 20.3 Å². The van der Waals surface area contributed by atoms with Crippen LogP contribution in [0.5, 0.6) is 11.5 Å². The van der Waals surface area contributed by atoms with Gasteiger partial charge in [0, 0.05) is 12.0 Å². The smallest absolute Gasteiger partial charge is 0.129 e. The summed E-state index contributed by atoms with van der Waals surface area (Å²) < 4.78 is 11.0. The molecule has 0 bridgehead atoms. The van der Waals surface area contributed by atoms with E-state index in [2.05, 4.69) is 6.07 Å². The van der Waals surface area contributed by atoms with Crippen molar-refractivity contribution < 1.29 is 9.47 Å². The fourth-order valence-electron chi connectivity index (χ4n) is 2.04. The summed E-state index contributed by atoms with van der Waals surface area (Å²) in [5.74, 6) is 1.97. The van der Waals surface area contributed by atoms with Crippen molar-refractivity contribution in [2.45, 2.75) is 19.3 Å². The molecule has 0 radical (unpaired) electrons. The molecule has 0 saturated carbocycles. The lowest BCUT2D eigenvalue weighted by Crippen LogP contribution is -2.02. The van der Waals surface area contributed by atoms with Gasteiger partial charge in [0.25, 0.3) is 0 Å². The van der Waals surface area contributed by atoms with Crippen molar-refractivity contribution >= 4 is 0 Å². The largest absolute Gasteiger partial charge is 0.496 e. The molecule has 15 heavy (non-hydrogen) atoms. The second-order valence-electron chi connectivity index (χ2n) is 3.73. The van der Waals surface area contributed by atoms with Gasteiger partial charge in [0.15, 0.2) is 0 Å². The zero-order valence-corrected chi connectivity index (χ0v) is 9.08. The van der Waals surface area contributed by atoms with Crippen LogP contribution in [-0.2, 0) is 12.8 Å². The van der Waals surface area contributed by atoms with E-state index in [-0.39, 0.29) is 0 Å². The lowest BCUT2D eigenvalue weighted by atomic mass is 10.0. The Hall–Kier alpha value is -1.22. The maximum Gasteiger partial charge on any atom is 0.129 e. The van der Waals surface area contributed by atoms with E-state index in [0.29, 0.717) is 0 Å². The van der Waals surface area contributed by atoms with Crippen LogP contribution in [0, 0.1) is 0 Å². The van der Waals surface area contributed by atoms with E-state index in [0.717, 1.165) is 43.9 Å². The second kappa shape index (κ2) is 4.53. The zero-order chi connectivity index (χ0) is 10.7. The molecule has 0 spiro atoms. The lowest BCUT2D eigenvalue weighted by molar-refractivity contribution is 0.356. The molecule has 0 saturated heterocycles. The van der Waals surface area contributed by atoms with E-state index in [1.807, 2.05) is 6.07 Å². The lowest BCUT2D eigenvalue weighted by Gasteiger charge is -2.11. The van der Waals surface area contributed by atoms with Crippen LogP contribution in [-0.4, -0.2) is 20.3 Å². The van der Waals surface area contributed by atoms with Crippen molar-refractivity contribution in [1.82, 2.24) is 0 Å². The van der Waals surface area contributed by atoms with Gasteiger partial charge in [-0.2, -0.15) is 0 Å². The Balaban J connectivity index is 2.30. The maximum absolute atomic E-state index is 5.52. The molecule has 0 unspecified atom stereocenters. The van der Waals surface area contributed by atoms with E-state index in [1.165, 1.54) is 11.1 Å². The molecule has 3 heteroatoms. The van der Waals surface area contributed by atoms with E-state index in [1.54, 1.807) is 7.11 Å². The molecular weight excluding hydrogens is 190 g/mol. The predicted molar refractivity (Wildman–Crippen MR) is 59.6 cm³/mol. The highest BCUT2D eigenvalue weighted by molar-refractivity contribution is 5.52. The normalized spacial score (nSPS) is 13.5. The first-order valence-electron chi connectivity index (χ1n) is 5.38. The molecule has 0 amide bonds. The highest BCUT2D eigenvalue weighted by Gasteiger charge is 2.19. The topological polar surface area (TPSA) is 44.5 Å². The number of hydrogen-bond donors (Lipinski definition) is 1. The first kappa shape index (κ1) is 10.3. The molecule has 82 valence electrons. The van der Waals surface area contributed by atoms with Crippen LogP contribution in [0.4, 0.5) is 0 Å². The van der Waals surface area contributed by atoms with Crippen molar-refractivity contribution in [2.24, 2.45) is 5.73 Å². The molecule has 1 aliphatic heterocycles. The third-order valence-corrected chi connectivity index (χ3v) is 2.76. The number of fused-ring (bicyclic) bond motifs is 1. The standard InChI is InChI=1S/C12H17NO2/c1-14-12-9(3-2-7-13)4-5-11-10(12)6-8-15-11/h4-5H,2-3,6-8,13H2,1H3. The quantitative estimate of drug-likeness (QED) is 0.814. The molecule has 0 atom stereocenters. The van der Waals surface area contributed by atoms with Crippen LogP contribution >= 0.6 is 0 Å². The molecule has 0 aromatic heterocycles. The zero-order valence-electron chi connectivity index (χ0n) is 9.08. The van der Waals surface area contributed by atoms with Crippen LogP contribution in [0.2, 0.25) is 0 Å². The van der Waals surface area contributed by atoms with Crippen LogP contribution in [0.3, 0.4) is 0 Å². The number of hydrogen-bond acceptors (Lipinski definition) is 3. The monoisotopic (exact) mass is 207 g/mol. The Morgan fingerprint density at radius 3 is 3.07 bits per heavy atom. The van der Waals surface area contributed by atoms with Gasteiger partial charge in [-0.1, -0.05) is 6.07 Å². The van der Waals surface area contributed by atoms with Gasteiger partial charge in [0.05, 0.1) is 13.7 Å². The van der Waals surface area contributed by atoms with Gasteiger partial charge in [0.2, 0.25) is 0 Å². The summed E-state index contributed by atoms with van der Waals surface area (Å²) in [5, 5.41) is 0. The summed E-state index contributed by atoms with van der Waals surface area (Å²) in [4.78, 5) is 0. The van der Waals surface area contributed by atoms with Gasteiger partial charge >= 0.3 is 0 Å². The van der Waals surface area contributed by atoms with Gasteiger partial charge in [-0.15, -0.1) is 0 Å². The number of rotatable bonds is 4. The van der Waals surface area contributed by atoms with E-state index in [9.17, 15) is 0 Å². The van der Waals surface area contributed by atoms with Crippen molar-refractivity contribution in [1.29, 1.82) is 0 Å². The summed E-state index contributed by atoms with van der Waals surface area (Å²) in [6.07, 6.45) is 2.93. The molecule has 1 aromatic carbocycles. The average molecular weight is 207 g/mol.